The van der Waals surface area contributed by atoms with E-state index in [2.05, 4.69) is 5.32 Å². The van der Waals surface area contributed by atoms with Crippen LogP contribution in [-0.2, 0) is 4.79 Å². The first-order chi connectivity index (χ1) is 6.60. The smallest absolute Gasteiger partial charge is 0.225 e. The highest BCUT2D eigenvalue weighted by Crippen LogP contribution is 2.44. The predicted octanol–water partition coefficient (Wildman–Crippen LogP) is 1.40. The summed E-state index contributed by atoms with van der Waals surface area (Å²) in [5.74, 6) is -0.146. The summed E-state index contributed by atoms with van der Waals surface area (Å²) in [6, 6.07) is 0. The van der Waals surface area contributed by atoms with E-state index in [0.29, 0.717) is 0 Å². The molecule has 0 bridgehead atoms. The van der Waals surface area contributed by atoms with Gasteiger partial charge in [-0.1, -0.05) is 20.8 Å². The van der Waals surface area contributed by atoms with Crippen LogP contribution in [0.5, 0.6) is 0 Å². The van der Waals surface area contributed by atoms with Crippen molar-refractivity contribution in [3.05, 3.63) is 0 Å². The quantitative estimate of drug-likeness (QED) is 0.734. The number of alkyl halides is 1. The molecule has 0 radical (unpaired) electrons. The molecule has 0 spiro atoms. The Morgan fingerprint density at radius 2 is 1.93 bits per heavy atom. The van der Waals surface area contributed by atoms with Crippen molar-refractivity contribution in [3.63, 3.8) is 0 Å². The van der Waals surface area contributed by atoms with Crippen molar-refractivity contribution in [2.75, 3.05) is 6.61 Å². The number of rotatable bonds is 2. The van der Waals surface area contributed by atoms with E-state index >= 15 is 0 Å². The normalized spacial score (nSPS) is 35.9. The zero-order valence-corrected chi connectivity index (χ0v) is 9.85. The van der Waals surface area contributed by atoms with Crippen molar-refractivity contribution in [2.24, 2.45) is 5.41 Å². The van der Waals surface area contributed by atoms with E-state index in [-0.39, 0.29) is 25.4 Å². The number of amides is 1. The molecule has 2 N–H and O–H groups in total. The number of aliphatic hydroxyl groups is 1. The minimum atomic E-state index is -1.26. The molecule has 0 aliphatic heterocycles. The minimum Gasteiger partial charge on any atom is -0.394 e. The first kappa shape index (κ1) is 12.4. The molecule has 1 fully saturated rings. The average Bonchev–Trinajstić information content (AvgIpc) is 1.98. The van der Waals surface area contributed by atoms with Gasteiger partial charge < -0.3 is 10.4 Å². The zero-order chi connectivity index (χ0) is 11.9. The largest absolute Gasteiger partial charge is 0.394 e. The number of carbonyl (C=O) groups is 1. The number of halogens is 1. The van der Waals surface area contributed by atoms with Gasteiger partial charge in [0, 0.05) is 18.3 Å². The van der Waals surface area contributed by atoms with Crippen LogP contribution in [0.2, 0.25) is 0 Å². The predicted molar refractivity (Wildman–Crippen MR) is 56.2 cm³/mol. The highest BCUT2D eigenvalue weighted by molar-refractivity contribution is 5.82. The van der Waals surface area contributed by atoms with Gasteiger partial charge in [0.2, 0.25) is 5.91 Å². The van der Waals surface area contributed by atoms with Crippen LogP contribution in [0, 0.1) is 5.41 Å². The molecule has 0 unspecified atom stereocenters. The third-order valence-corrected chi connectivity index (χ3v) is 2.78. The molecule has 1 aliphatic carbocycles. The minimum absolute atomic E-state index is 0.146. The Hall–Kier alpha value is -0.640. The first-order valence-electron chi connectivity index (χ1n) is 5.23. The van der Waals surface area contributed by atoms with Crippen LogP contribution < -0.4 is 5.32 Å². The molecule has 1 rings (SSSR count). The fourth-order valence-electron chi connectivity index (χ4n) is 2.03. The summed E-state index contributed by atoms with van der Waals surface area (Å²) in [5.41, 5.74) is -2.51. The Morgan fingerprint density at radius 3 is 2.20 bits per heavy atom. The Morgan fingerprint density at radius 1 is 1.47 bits per heavy atom. The molecular formula is C11H20FNO2. The number of nitrogens with one attached hydrogen (secondary N) is 1. The molecule has 0 heterocycles. The molecule has 0 aromatic carbocycles. The third-order valence-electron chi connectivity index (χ3n) is 2.78. The zero-order valence-electron chi connectivity index (χ0n) is 9.85. The van der Waals surface area contributed by atoms with E-state index in [1.165, 1.54) is 6.92 Å². The molecule has 0 saturated heterocycles. The van der Waals surface area contributed by atoms with Gasteiger partial charge in [0.1, 0.15) is 5.67 Å². The van der Waals surface area contributed by atoms with Crippen molar-refractivity contribution in [3.8, 4) is 0 Å². The van der Waals surface area contributed by atoms with Gasteiger partial charge in [-0.3, -0.25) is 4.79 Å². The third kappa shape index (κ3) is 2.68. The fourth-order valence-corrected chi connectivity index (χ4v) is 2.03. The molecule has 4 heteroatoms. The Kier molecular flexibility index (Phi) is 2.85. The highest BCUT2D eigenvalue weighted by Gasteiger charge is 2.53. The van der Waals surface area contributed by atoms with Crippen molar-refractivity contribution in [1.82, 2.24) is 5.32 Å². The lowest BCUT2D eigenvalue weighted by molar-refractivity contribution is -0.136. The number of aliphatic hydroxyl groups excluding tert-OH is 1. The molecule has 1 aliphatic rings. The Labute approximate surface area is 90.1 Å². The molecule has 88 valence electrons. The molecule has 3 nitrogen and oxygen atoms in total. The van der Waals surface area contributed by atoms with E-state index in [1.807, 2.05) is 0 Å². The summed E-state index contributed by atoms with van der Waals surface area (Å²) >= 11 is 0. The Balaban J connectivity index is 2.61. The molecule has 15 heavy (non-hydrogen) atoms. The van der Waals surface area contributed by atoms with Gasteiger partial charge >= 0.3 is 0 Å². The van der Waals surface area contributed by atoms with Gasteiger partial charge in [-0.05, 0) is 6.92 Å². The lowest BCUT2D eigenvalue weighted by Crippen LogP contribution is -2.66. The molecule has 0 atom stereocenters. The summed E-state index contributed by atoms with van der Waals surface area (Å²) in [6.07, 6.45) is 0.386. The monoisotopic (exact) mass is 217 g/mol. The Bertz CT molecular complexity index is 260. The van der Waals surface area contributed by atoms with E-state index in [9.17, 15) is 14.3 Å². The van der Waals surface area contributed by atoms with Crippen LogP contribution in [0.25, 0.3) is 0 Å². The summed E-state index contributed by atoms with van der Waals surface area (Å²) < 4.78 is 13.4. The summed E-state index contributed by atoms with van der Waals surface area (Å²) in [6.45, 7) is 6.67. The lowest BCUT2D eigenvalue weighted by atomic mass is 9.67. The lowest BCUT2D eigenvalue weighted by Gasteiger charge is -2.50. The number of hydrogen-bond donors (Lipinski definition) is 2. The van der Waals surface area contributed by atoms with Gasteiger partial charge in [0.05, 0.1) is 12.1 Å². The van der Waals surface area contributed by atoms with Crippen LogP contribution in [0.1, 0.15) is 40.5 Å². The summed E-state index contributed by atoms with van der Waals surface area (Å²) in [4.78, 5) is 11.7. The van der Waals surface area contributed by atoms with Gasteiger partial charge in [-0.25, -0.2) is 4.39 Å². The topological polar surface area (TPSA) is 49.3 Å². The molecule has 1 saturated carbocycles. The maximum Gasteiger partial charge on any atom is 0.225 e. The van der Waals surface area contributed by atoms with Gasteiger partial charge in [0.25, 0.3) is 0 Å². The number of hydrogen-bond acceptors (Lipinski definition) is 2. The molecule has 0 aromatic rings. The standard InChI is InChI=1S/C11H20FNO2/c1-9(2,3)8(15)13-11(7-14)5-10(4,12)6-11/h14H,5-7H2,1-4H3,(H,13,15). The van der Waals surface area contributed by atoms with Crippen molar-refractivity contribution < 1.29 is 14.3 Å². The van der Waals surface area contributed by atoms with E-state index in [0.717, 1.165) is 0 Å². The highest BCUT2D eigenvalue weighted by atomic mass is 19.1. The second kappa shape index (κ2) is 3.44. The second-order valence-corrected chi connectivity index (χ2v) is 5.91. The van der Waals surface area contributed by atoms with E-state index in [1.54, 1.807) is 20.8 Å². The van der Waals surface area contributed by atoms with E-state index in [4.69, 9.17) is 0 Å². The van der Waals surface area contributed by atoms with Gasteiger partial charge in [0.15, 0.2) is 0 Å². The molecule has 0 aromatic heterocycles. The van der Waals surface area contributed by atoms with Crippen LogP contribution in [0.4, 0.5) is 4.39 Å². The molecule has 1 amide bonds. The summed E-state index contributed by atoms with van der Waals surface area (Å²) in [5, 5.41) is 11.9. The number of carbonyl (C=O) groups excluding carboxylic acids is 1. The van der Waals surface area contributed by atoms with Crippen molar-refractivity contribution in [2.45, 2.75) is 51.7 Å². The van der Waals surface area contributed by atoms with Crippen LogP contribution in [0.3, 0.4) is 0 Å². The van der Waals surface area contributed by atoms with Gasteiger partial charge in [-0.2, -0.15) is 0 Å². The average molecular weight is 217 g/mol. The van der Waals surface area contributed by atoms with E-state index < -0.39 is 16.6 Å². The summed E-state index contributed by atoms with van der Waals surface area (Å²) in [7, 11) is 0. The fraction of sp³-hybridized carbons (Fsp3) is 0.909. The van der Waals surface area contributed by atoms with Crippen LogP contribution >= 0.6 is 0 Å². The second-order valence-electron chi connectivity index (χ2n) is 5.91. The van der Waals surface area contributed by atoms with Gasteiger partial charge in [-0.15, -0.1) is 0 Å². The molecular weight excluding hydrogens is 197 g/mol. The van der Waals surface area contributed by atoms with Crippen LogP contribution in [-0.4, -0.2) is 28.8 Å². The van der Waals surface area contributed by atoms with Crippen molar-refractivity contribution >= 4 is 5.91 Å². The first-order valence-corrected chi connectivity index (χ1v) is 5.23. The maximum absolute atomic E-state index is 13.4. The van der Waals surface area contributed by atoms with Crippen molar-refractivity contribution in [1.29, 1.82) is 0 Å². The SMILES string of the molecule is CC1(F)CC(CO)(NC(=O)C(C)(C)C)C1. The maximum atomic E-state index is 13.4. The van der Waals surface area contributed by atoms with Crippen LogP contribution in [0.15, 0.2) is 0 Å².